The summed E-state index contributed by atoms with van der Waals surface area (Å²) in [6.45, 7) is 14.5. The lowest BCUT2D eigenvalue weighted by atomic mass is 9.99. The van der Waals surface area contributed by atoms with Gasteiger partial charge in [-0.05, 0) is 65.6 Å². The number of hydrogen-bond acceptors (Lipinski definition) is 6. The van der Waals surface area contributed by atoms with Gasteiger partial charge in [0, 0.05) is 19.7 Å². The number of likely N-dealkylation sites (tertiary alicyclic amines) is 1. The Bertz CT molecular complexity index is 560. The molecular formula is C19H37IN6O2. The van der Waals surface area contributed by atoms with Crippen molar-refractivity contribution in [2.75, 3.05) is 39.3 Å². The maximum Gasteiger partial charge on any atom is 0.248 e. The van der Waals surface area contributed by atoms with Gasteiger partial charge in [-0.15, -0.1) is 24.0 Å². The third-order valence-corrected chi connectivity index (χ3v) is 4.80. The lowest BCUT2D eigenvalue weighted by molar-refractivity contribution is 0.0683. The molecule has 0 spiro atoms. The van der Waals surface area contributed by atoms with Gasteiger partial charge in [0.05, 0.1) is 0 Å². The van der Waals surface area contributed by atoms with Crippen LogP contribution in [-0.4, -0.2) is 60.3 Å². The third kappa shape index (κ3) is 9.04. The van der Waals surface area contributed by atoms with E-state index in [0.29, 0.717) is 24.9 Å². The van der Waals surface area contributed by atoms with E-state index in [4.69, 9.17) is 9.26 Å². The Hall–Kier alpha value is -0.940. The van der Waals surface area contributed by atoms with Crippen molar-refractivity contribution in [2.45, 2.75) is 59.6 Å². The zero-order valence-corrected chi connectivity index (χ0v) is 20.1. The highest BCUT2D eigenvalue weighted by Gasteiger charge is 2.15. The normalized spacial score (nSPS) is 17.2. The Morgan fingerprint density at radius 1 is 1.32 bits per heavy atom. The van der Waals surface area contributed by atoms with E-state index in [1.165, 1.54) is 25.9 Å². The van der Waals surface area contributed by atoms with Crippen LogP contribution in [-0.2, 0) is 11.3 Å². The molecule has 1 atom stereocenters. The number of aliphatic imine (C=N–C) groups is 1. The van der Waals surface area contributed by atoms with Crippen LogP contribution in [0.2, 0.25) is 0 Å². The van der Waals surface area contributed by atoms with Gasteiger partial charge in [0.15, 0.2) is 11.8 Å². The minimum atomic E-state index is -0.166. The van der Waals surface area contributed by atoms with Crippen LogP contribution in [0, 0.1) is 5.92 Å². The molecule has 0 aliphatic carbocycles. The maximum atomic E-state index is 5.48. The molecule has 1 aromatic rings. The van der Waals surface area contributed by atoms with Crippen molar-refractivity contribution in [1.29, 1.82) is 0 Å². The highest BCUT2D eigenvalue weighted by molar-refractivity contribution is 14.0. The van der Waals surface area contributed by atoms with E-state index in [9.17, 15) is 0 Å². The Morgan fingerprint density at radius 3 is 2.75 bits per heavy atom. The first-order chi connectivity index (χ1) is 13.1. The molecule has 2 heterocycles. The van der Waals surface area contributed by atoms with E-state index in [2.05, 4.69) is 44.5 Å². The minimum absolute atomic E-state index is 0. The summed E-state index contributed by atoms with van der Waals surface area (Å²) in [7, 11) is 0. The number of guanidine groups is 1. The number of nitrogens with zero attached hydrogens (tertiary/aromatic N) is 4. The summed E-state index contributed by atoms with van der Waals surface area (Å²) in [6.07, 6.45) is 3.59. The molecule has 9 heteroatoms. The van der Waals surface area contributed by atoms with Crippen LogP contribution in [0.1, 0.15) is 64.8 Å². The molecule has 28 heavy (non-hydrogen) atoms. The van der Waals surface area contributed by atoms with Gasteiger partial charge >= 0.3 is 0 Å². The minimum Gasteiger partial charge on any atom is -0.371 e. The standard InChI is InChI=1S/C19H36N6O2.HI/c1-5-20-19(21-10-7-11-25-12-8-15(3)9-13-25)22-14-17-23-18(24-27-17)16(4)26-6-2;/h15-16H,5-14H2,1-4H3,(H2,20,21,22);1H. The van der Waals surface area contributed by atoms with Gasteiger partial charge in [0.25, 0.3) is 0 Å². The molecule has 0 radical (unpaired) electrons. The number of ether oxygens (including phenoxy) is 1. The molecule has 2 N–H and O–H groups in total. The van der Waals surface area contributed by atoms with Gasteiger partial charge in [-0.25, -0.2) is 4.99 Å². The summed E-state index contributed by atoms with van der Waals surface area (Å²) in [5.74, 6) is 2.73. The Labute approximate surface area is 186 Å². The number of piperidine rings is 1. The summed E-state index contributed by atoms with van der Waals surface area (Å²) in [6, 6.07) is 0. The highest BCUT2D eigenvalue weighted by atomic mass is 127. The van der Waals surface area contributed by atoms with Crippen LogP contribution in [0.15, 0.2) is 9.52 Å². The number of aromatic nitrogens is 2. The van der Waals surface area contributed by atoms with Crippen LogP contribution < -0.4 is 10.6 Å². The summed E-state index contributed by atoms with van der Waals surface area (Å²) in [5.41, 5.74) is 0. The van der Waals surface area contributed by atoms with Gasteiger partial charge in [-0.3, -0.25) is 0 Å². The van der Waals surface area contributed by atoms with E-state index >= 15 is 0 Å². The van der Waals surface area contributed by atoms with Crippen molar-refractivity contribution >= 4 is 29.9 Å². The van der Waals surface area contributed by atoms with Crippen LogP contribution in [0.25, 0.3) is 0 Å². The maximum absolute atomic E-state index is 5.48. The van der Waals surface area contributed by atoms with Crippen molar-refractivity contribution in [1.82, 2.24) is 25.7 Å². The SMILES string of the molecule is CCNC(=NCc1nc(C(C)OCC)no1)NCCCN1CCC(C)CC1.I. The van der Waals surface area contributed by atoms with Crippen LogP contribution >= 0.6 is 24.0 Å². The molecule has 1 aliphatic rings. The van der Waals surface area contributed by atoms with E-state index in [1.807, 2.05) is 13.8 Å². The first kappa shape index (κ1) is 25.1. The lowest BCUT2D eigenvalue weighted by Crippen LogP contribution is -2.39. The fourth-order valence-corrected chi connectivity index (χ4v) is 3.11. The van der Waals surface area contributed by atoms with Gasteiger partial charge in [-0.1, -0.05) is 12.1 Å². The summed E-state index contributed by atoms with van der Waals surface area (Å²) in [5, 5.41) is 10.6. The number of halogens is 1. The smallest absolute Gasteiger partial charge is 0.248 e. The first-order valence-corrected chi connectivity index (χ1v) is 10.3. The highest BCUT2D eigenvalue weighted by Crippen LogP contribution is 2.15. The van der Waals surface area contributed by atoms with Crippen LogP contribution in [0.5, 0.6) is 0 Å². The van der Waals surface area contributed by atoms with E-state index in [1.54, 1.807) is 0 Å². The molecule has 1 saturated heterocycles. The average molecular weight is 508 g/mol. The Morgan fingerprint density at radius 2 is 2.07 bits per heavy atom. The molecule has 1 unspecified atom stereocenters. The second kappa shape index (κ2) is 14.1. The summed E-state index contributed by atoms with van der Waals surface area (Å²) >= 11 is 0. The van der Waals surface area contributed by atoms with Gasteiger partial charge < -0.3 is 24.8 Å². The molecule has 1 fully saturated rings. The van der Waals surface area contributed by atoms with Crippen LogP contribution in [0.3, 0.4) is 0 Å². The van der Waals surface area contributed by atoms with Crippen molar-refractivity contribution in [3.8, 4) is 0 Å². The molecule has 0 bridgehead atoms. The third-order valence-electron chi connectivity index (χ3n) is 4.80. The predicted octanol–water partition coefficient (Wildman–Crippen LogP) is 2.96. The quantitative estimate of drug-likeness (QED) is 0.218. The molecule has 2 rings (SSSR count). The zero-order chi connectivity index (χ0) is 19.5. The van der Waals surface area contributed by atoms with Crippen molar-refractivity contribution in [2.24, 2.45) is 10.9 Å². The second-order valence-corrected chi connectivity index (χ2v) is 7.14. The Kier molecular flexibility index (Phi) is 12.6. The zero-order valence-electron chi connectivity index (χ0n) is 17.7. The van der Waals surface area contributed by atoms with Crippen LogP contribution in [0.4, 0.5) is 0 Å². The summed E-state index contributed by atoms with van der Waals surface area (Å²) < 4.78 is 10.7. The topological polar surface area (TPSA) is 87.8 Å². The lowest BCUT2D eigenvalue weighted by Gasteiger charge is -2.30. The number of nitrogens with one attached hydrogen (secondary N) is 2. The molecule has 8 nitrogen and oxygen atoms in total. The molecule has 1 aliphatic heterocycles. The van der Waals surface area contributed by atoms with Crippen molar-refractivity contribution < 1.29 is 9.26 Å². The van der Waals surface area contributed by atoms with E-state index < -0.39 is 0 Å². The van der Waals surface area contributed by atoms with Gasteiger partial charge in [0.2, 0.25) is 5.89 Å². The number of rotatable bonds is 10. The molecule has 0 amide bonds. The largest absolute Gasteiger partial charge is 0.371 e. The average Bonchev–Trinajstić information content (AvgIpc) is 3.14. The van der Waals surface area contributed by atoms with Gasteiger partial charge in [0.1, 0.15) is 12.6 Å². The molecule has 0 aromatic carbocycles. The molecule has 162 valence electrons. The van der Waals surface area contributed by atoms with E-state index in [0.717, 1.165) is 37.9 Å². The fraction of sp³-hybridized carbons (Fsp3) is 0.842. The Balaban J connectivity index is 0.00000392. The van der Waals surface area contributed by atoms with E-state index in [-0.39, 0.29) is 30.1 Å². The van der Waals surface area contributed by atoms with Crippen molar-refractivity contribution in [3.05, 3.63) is 11.7 Å². The number of hydrogen-bond donors (Lipinski definition) is 2. The van der Waals surface area contributed by atoms with Gasteiger partial charge in [-0.2, -0.15) is 4.98 Å². The first-order valence-electron chi connectivity index (χ1n) is 10.3. The molecule has 0 saturated carbocycles. The predicted molar refractivity (Wildman–Crippen MR) is 122 cm³/mol. The second-order valence-electron chi connectivity index (χ2n) is 7.14. The monoisotopic (exact) mass is 508 g/mol. The molecule has 1 aromatic heterocycles. The summed E-state index contributed by atoms with van der Waals surface area (Å²) in [4.78, 5) is 11.5. The van der Waals surface area contributed by atoms with Crippen molar-refractivity contribution in [3.63, 3.8) is 0 Å². The fourth-order valence-electron chi connectivity index (χ4n) is 3.11. The molecular weight excluding hydrogens is 471 g/mol.